The van der Waals surface area contributed by atoms with Gasteiger partial charge in [-0.3, -0.25) is 19.5 Å². The predicted octanol–water partition coefficient (Wildman–Crippen LogP) is 5.29. The number of nitrogens with one attached hydrogen (secondary N) is 1. The highest BCUT2D eigenvalue weighted by molar-refractivity contribution is 7.99. The Hall–Kier alpha value is -3.76. The number of carbonyl (C=O) groups excluding carboxylic acids is 1. The Bertz CT molecular complexity index is 1330. The number of carbonyl (C=O) groups is 1. The van der Waals surface area contributed by atoms with E-state index in [9.17, 15) is 19.3 Å². The third kappa shape index (κ3) is 5.59. The summed E-state index contributed by atoms with van der Waals surface area (Å²) in [4.78, 5) is 22.5. The van der Waals surface area contributed by atoms with E-state index in [2.05, 4.69) is 15.5 Å². The lowest BCUT2D eigenvalue weighted by atomic mass is 10.1. The summed E-state index contributed by atoms with van der Waals surface area (Å²) >= 11 is 7.19. The van der Waals surface area contributed by atoms with Crippen LogP contribution in [0.1, 0.15) is 11.4 Å². The molecule has 0 saturated carbocycles. The van der Waals surface area contributed by atoms with Gasteiger partial charge in [0.05, 0.1) is 10.7 Å². The van der Waals surface area contributed by atoms with Crippen molar-refractivity contribution in [1.29, 1.82) is 0 Å². The van der Waals surface area contributed by atoms with E-state index in [1.165, 1.54) is 6.07 Å². The van der Waals surface area contributed by atoms with Crippen molar-refractivity contribution < 1.29 is 14.1 Å². The average Bonchev–Trinajstić information content (AvgIpc) is 3.22. The largest absolute Gasteiger partial charge is 0.325 e. The molecule has 172 valence electrons. The van der Waals surface area contributed by atoms with Crippen LogP contribution in [0.25, 0.3) is 5.69 Å². The fourth-order valence-corrected chi connectivity index (χ4v) is 4.09. The molecule has 0 radical (unpaired) electrons. The number of halogens is 2. The van der Waals surface area contributed by atoms with E-state index in [0.29, 0.717) is 22.4 Å². The molecule has 11 heteroatoms. The summed E-state index contributed by atoms with van der Waals surface area (Å²) in [6.07, 6.45) is 0.530. The number of rotatable bonds is 8. The van der Waals surface area contributed by atoms with Crippen LogP contribution < -0.4 is 5.32 Å². The number of hydrogen-bond donors (Lipinski definition) is 1. The molecule has 0 aliphatic heterocycles. The van der Waals surface area contributed by atoms with Crippen LogP contribution in [0.3, 0.4) is 0 Å². The summed E-state index contributed by atoms with van der Waals surface area (Å²) in [6, 6.07) is 20.2. The number of nitrogens with zero attached hydrogens (tertiary/aromatic N) is 4. The minimum absolute atomic E-state index is 0.0395. The molecule has 0 aliphatic rings. The second kappa shape index (κ2) is 10.4. The van der Waals surface area contributed by atoms with Crippen LogP contribution in [0.5, 0.6) is 0 Å². The Morgan fingerprint density at radius 2 is 1.82 bits per heavy atom. The van der Waals surface area contributed by atoms with E-state index < -0.39 is 22.3 Å². The quantitative estimate of drug-likeness (QED) is 0.201. The van der Waals surface area contributed by atoms with Crippen molar-refractivity contribution in [3.05, 3.63) is 105 Å². The van der Waals surface area contributed by atoms with Crippen LogP contribution in [0.2, 0.25) is 5.02 Å². The number of thioether (sulfide) groups is 1. The van der Waals surface area contributed by atoms with Crippen molar-refractivity contribution >= 4 is 40.6 Å². The van der Waals surface area contributed by atoms with Crippen LogP contribution in [-0.4, -0.2) is 31.3 Å². The third-order valence-corrected chi connectivity index (χ3v) is 5.93. The van der Waals surface area contributed by atoms with E-state index in [-0.39, 0.29) is 11.4 Å². The first-order valence-electron chi connectivity index (χ1n) is 10.0. The van der Waals surface area contributed by atoms with E-state index in [1.807, 2.05) is 47.0 Å². The van der Waals surface area contributed by atoms with Crippen LogP contribution >= 0.6 is 23.4 Å². The number of aromatic nitrogens is 3. The first-order chi connectivity index (χ1) is 16.4. The molecule has 0 unspecified atom stereocenters. The molecule has 4 rings (SSSR count). The molecule has 3 aromatic carbocycles. The molecule has 0 aliphatic carbocycles. The summed E-state index contributed by atoms with van der Waals surface area (Å²) in [7, 11) is 0. The molecule has 0 fully saturated rings. The first-order valence-corrected chi connectivity index (χ1v) is 11.4. The van der Waals surface area contributed by atoms with Crippen molar-refractivity contribution in [3.63, 3.8) is 0 Å². The van der Waals surface area contributed by atoms with Crippen LogP contribution in [-0.2, 0) is 11.2 Å². The molecule has 1 aromatic heterocycles. The Balaban J connectivity index is 1.53. The Morgan fingerprint density at radius 1 is 1.09 bits per heavy atom. The van der Waals surface area contributed by atoms with Gasteiger partial charge in [0.2, 0.25) is 11.7 Å². The topological polar surface area (TPSA) is 103 Å². The lowest BCUT2D eigenvalue weighted by molar-refractivity contribution is -0.387. The van der Waals surface area contributed by atoms with Gasteiger partial charge in [-0.05, 0) is 42.0 Å². The minimum atomic E-state index is -0.973. The number of nitro benzene ring substituents is 1. The molecule has 0 spiro atoms. The van der Waals surface area contributed by atoms with Gasteiger partial charge in [-0.2, -0.15) is 4.39 Å². The standard InChI is InChI=1S/C23H17ClFN5O3S/c24-16-6-9-18(10-7-16)29-21(12-15-4-2-1-3-5-15)27-28-23(29)34-14-22(31)26-17-8-11-19(25)20(13-17)30(32)33/h1-11,13H,12,14H2,(H,26,31). The van der Waals surface area contributed by atoms with E-state index in [0.717, 1.165) is 35.1 Å². The second-order valence-electron chi connectivity index (χ2n) is 7.13. The van der Waals surface area contributed by atoms with E-state index >= 15 is 0 Å². The zero-order valence-corrected chi connectivity index (χ0v) is 19.1. The number of nitro groups is 1. The zero-order chi connectivity index (χ0) is 24.1. The van der Waals surface area contributed by atoms with Gasteiger partial charge in [0.15, 0.2) is 5.16 Å². The Kier molecular flexibility index (Phi) is 7.19. The molecule has 0 saturated heterocycles. The van der Waals surface area contributed by atoms with Gasteiger partial charge in [-0.25, -0.2) is 0 Å². The maximum atomic E-state index is 13.5. The van der Waals surface area contributed by atoms with Crippen molar-refractivity contribution in [2.24, 2.45) is 0 Å². The SMILES string of the molecule is O=C(CSc1nnc(Cc2ccccc2)n1-c1ccc(Cl)cc1)Nc1ccc(F)c([N+](=O)[O-])c1. The highest BCUT2D eigenvalue weighted by Crippen LogP contribution is 2.26. The van der Waals surface area contributed by atoms with Gasteiger partial charge in [0, 0.05) is 28.9 Å². The number of benzene rings is 3. The highest BCUT2D eigenvalue weighted by atomic mass is 35.5. The minimum Gasteiger partial charge on any atom is -0.325 e. The monoisotopic (exact) mass is 497 g/mol. The smallest absolute Gasteiger partial charge is 0.306 e. The van der Waals surface area contributed by atoms with E-state index in [4.69, 9.17) is 11.6 Å². The predicted molar refractivity (Wildman–Crippen MR) is 128 cm³/mol. The molecular weight excluding hydrogens is 481 g/mol. The molecule has 1 amide bonds. The van der Waals surface area contributed by atoms with Gasteiger partial charge < -0.3 is 5.32 Å². The number of anilines is 1. The average molecular weight is 498 g/mol. The molecular formula is C23H17ClFN5O3S. The normalized spacial score (nSPS) is 10.8. The van der Waals surface area contributed by atoms with Crippen molar-refractivity contribution in [1.82, 2.24) is 14.8 Å². The van der Waals surface area contributed by atoms with Crippen molar-refractivity contribution in [3.8, 4) is 5.69 Å². The highest BCUT2D eigenvalue weighted by Gasteiger charge is 2.18. The van der Waals surface area contributed by atoms with Crippen molar-refractivity contribution in [2.45, 2.75) is 11.6 Å². The van der Waals surface area contributed by atoms with Gasteiger partial charge in [-0.1, -0.05) is 53.7 Å². The Labute approximate surface area is 202 Å². The summed E-state index contributed by atoms with van der Waals surface area (Å²) in [5, 5.41) is 23.1. The fourth-order valence-electron chi connectivity index (χ4n) is 3.19. The zero-order valence-electron chi connectivity index (χ0n) is 17.5. The lowest BCUT2D eigenvalue weighted by Crippen LogP contribution is -2.15. The van der Waals surface area contributed by atoms with Gasteiger partial charge in [0.25, 0.3) is 0 Å². The molecule has 1 heterocycles. The molecule has 0 atom stereocenters. The molecule has 1 N–H and O–H groups in total. The summed E-state index contributed by atoms with van der Waals surface area (Å²) in [6.45, 7) is 0. The number of hydrogen-bond acceptors (Lipinski definition) is 6. The van der Waals surface area contributed by atoms with Crippen LogP contribution in [0.4, 0.5) is 15.8 Å². The summed E-state index contributed by atoms with van der Waals surface area (Å²) < 4.78 is 15.4. The van der Waals surface area contributed by atoms with Crippen LogP contribution in [0.15, 0.2) is 78.0 Å². The first kappa shape index (κ1) is 23.4. The third-order valence-electron chi connectivity index (χ3n) is 4.75. The lowest BCUT2D eigenvalue weighted by Gasteiger charge is -2.11. The summed E-state index contributed by atoms with van der Waals surface area (Å²) in [5.41, 5.74) is 1.26. The molecule has 8 nitrogen and oxygen atoms in total. The summed E-state index contributed by atoms with van der Waals surface area (Å²) in [5.74, 6) is -0.756. The van der Waals surface area contributed by atoms with E-state index in [1.54, 1.807) is 12.1 Å². The maximum Gasteiger partial charge on any atom is 0.306 e. The van der Waals surface area contributed by atoms with Gasteiger partial charge in [0.1, 0.15) is 5.82 Å². The Morgan fingerprint density at radius 3 is 2.53 bits per heavy atom. The maximum absolute atomic E-state index is 13.5. The van der Waals surface area contributed by atoms with Gasteiger partial charge in [-0.15, -0.1) is 10.2 Å². The number of amides is 1. The molecule has 34 heavy (non-hydrogen) atoms. The van der Waals surface area contributed by atoms with Crippen LogP contribution in [0, 0.1) is 15.9 Å². The second-order valence-corrected chi connectivity index (χ2v) is 8.51. The van der Waals surface area contributed by atoms with Gasteiger partial charge >= 0.3 is 5.69 Å². The van der Waals surface area contributed by atoms with Crippen molar-refractivity contribution in [2.75, 3.05) is 11.1 Å². The fraction of sp³-hybridized carbons (Fsp3) is 0.0870. The molecule has 0 bridgehead atoms. The molecule has 4 aromatic rings.